The summed E-state index contributed by atoms with van der Waals surface area (Å²) in [6, 6.07) is 4.74. The molecule has 2 aromatic rings. The summed E-state index contributed by atoms with van der Waals surface area (Å²) >= 11 is 0. The van der Waals surface area contributed by atoms with Crippen LogP contribution in [0.3, 0.4) is 0 Å². The molecule has 0 unspecified atom stereocenters. The monoisotopic (exact) mass is 453 g/mol. The van der Waals surface area contributed by atoms with E-state index in [9.17, 15) is 18.5 Å². The highest BCUT2D eigenvalue weighted by molar-refractivity contribution is 7.89. The van der Waals surface area contributed by atoms with Crippen LogP contribution in [0.2, 0.25) is 0 Å². The van der Waals surface area contributed by atoms with Gasteiger partial charge in [-0.3, -0.25) is 19.4 Å². The molecule has 3 aliphatic rings. The van der Waals surface area contributed by atoms with Gasteiger partial charge in [0.25, 0.3) is 5.91 Å². The topological polar surface area (TPSA) is 124 Å². The van der Waals surface area contributed by atoms with E-state index >= 15 is 0 Å². The Morgan fingerprint density at radius 3 is 2.72 bits per heavy atom. The van der Waals surface area contributed by atoms with Crippen LogP contribution in [0.25, 0.3) is 0 Å². The first-order chi connectivity index (χ1) is 15.1. The van der Waals surface area contributed by atoms with Gasteiger partial charge in [0.2, 0.25) is 16.0 Å². The van der Waals surface area contributed by atoms with E-state index in [2.05, 4.69) is 20.9 Å². The van der Waals surface area contributed by atoms with Gasteiger partial charge in [-0.15, -0.1) is 0 Å². The SMILES string of the molecule is C[C@@H]1CN=C2N(Cc3cnn(C)c3)C(=O)c3cc(S(=O)(=O)NC4(C)CC4)cc(C#N)c3N21. The van der Waals surface area contributed by atoms with Crippen LogP contribution in [0.5, 0.6) is 0 Å². The average molecular weight is 454 g/mol. The zero-order valence-electron chi connectivity index (χ0n) is 18.0. The molecular weight excluding hydrogens is 430 g/mol. The van der Waals surface area contributed by atoms with Crippen LogP contribution in [0.4, 0.5) is 5.69 Å². The van der Waals surface area contributed by atoms with Gasteiger partial charge in [-0.05, 0) is 38.8 Å². The number of fused-ring (bicyclic) bond motifs is 3. The fourth-order valence-corrected chi connectivity index (χ4v) is 5.68. The van der Waals surface area contributed by atoms with Gasteiger partial charge in [0.05, 0.1) is 47.0 Å². The second-order valence-corrected chi connectivity index (χ2v) is 10.6. The maximum Gasteiger partial charge on any atom is 0.263 e. The number of hydrogen-bond acceptors (Lipinski definition) is 7. The van der Waals surface area contributed by atoms with E-state index in [1.807, 2.05) is 24.9 Å². The van der Waals surface area contributed by atoms with Crippen LogP contribution < -0.4 is 9.62 Å². The third kappa shape index (κ3) is 3.27. The largest absolute Gasteiger partial charge is 0.305 e. The van der Waals surface area contributed by atoms with Gasteiger partial charge in [0.1, 0.15) is 6.07 Å². The smallest absolute Gasteiger partial charge is 0.263 e. The number of benzene rings is 1. The highest BCUT2D eigenvalue weighted by Crippen LogP contribution is 2.40. The lowest BCUT2D eigenvalue weighted by Crippen LogP contribution is -2.52. The maximum atomic E-state index is 13.6. The standard InChI is InChI=1S/C21H23N7O3S/c1-13-9-23-20-27(12-14-10-24-26(3)11-14)19(29)17-7-16(6-15(8-22)18(17)28(13)20)32(30,31)25-21(2)4-5-21/h6-7,10-11,13,25H,4-5,9,12H2,1-3H3/t13-/m1/s1. The van der Waals surface area contributed by atoms with Crippen molar-refractivity contribution in [3.8, 4) is 6.07 Å². The number of nitriles is 1. The second kappa shape index (κ2) is 6.88. The number of amides is 1. The third-order valence-electron chi connectivity index (χ3n) is 6.11. The fourth-order valence-electron chi connectivity index (χ4n) is 4.16. The molecule has 11 heteroatoms. The van der Waals surface area contributed by atoms with Gasteiger partial charge >= 0.3 is 0 Å². The van der Waals surface area contributed by atoms with Crippen molar-refractivity contribution in [3.63, 3.8) is 0 Å². The fraction of sp³-hybridized carbons (Fsp3) is 0.429. The summed E-state index contributed by atoms with van der Waals surface area (Å²) in [6.07, 6.45) is 5.00. The van der Waals surface area contributed by atoms with E-state index in [4.69, 9.17) is 0 Å². The molecule has 0 spiro atoms. The highest BCUT2D eigenvalue weighted by Gasteiger charge is 2.44. The van der Waals surface area contributed by atoms with Crippen molar-refractivity contribution < 1.29 is 13.2 Å². The van der Waals surface area contributed by atoms with E-state index in [0.29, 0.717) is 18.2 Å². The number of aryl methyl sites for hydroxylation is 1. The molecule has 1 aliphatic carbocycles. The first kappa shape index (κ1) is 20.7. The van der Waals surface area contributed by atoms with Crippen molar-refractivity contribution in [1.29, 1.82) is 5.26 Å². The number of anilines is 1. The maximum absolute atomic E-state index is 13.6. The van der Waals surface area contributed by atoms with Crippen molar-refractivity contribution in [2.24, 2.45) is 12.0 Å². The van der Waals surface area contributed by atoms with Gasteiger partial charge in [-0.25, -0.2) is 13.1 Å². The molecule has 1 saturated carbocycles. The summed E-state index contributed by atoms with van der Waals surface area (Å²) < 4.78 is 30.4. The van der Waals surface area contributed by atoms with Crippen molar-refractivity contribution >= 4 is 27.6 Å². The Kier molecular flexibility index (Phi) is 4.44. The minimum absolute atomic E-state index is 0.0775. The van der Waals surface area contributed by atoms with E-state index < -0.39 is 15.6 Å². The Labute approximate surface area is 186 Å². The van der Waals surface area contributed by atoms with Crippen LogP contribution in [0, 0.1) is 11.3 Å². The lowest BCUT2D eigenvalue weighted by Gasteiger charge is -2.38. The zero-order chi connectivity index (χ0) is 22.8. The number of hydrogen-bond donors (Lipinski definition) is 1. The van der Waals surface area contributed by atoms with Crippen molar-refractivity contribution in [1.82, 2.24) is 19.4 Å². The number of carbonyl (C=O) groups is 1. The molecule has 1 aromatic carbocycles. The number of aliphatic imine (C=N–C) groups is 1. The predicted octanol–water partition coefficient (Wildman–Crippen LogP) is 1.34. The zero-order valence-corrected chi connectivity index (χ0v) is 18.8. The van der Waals surface area contributed by atoms with Crippen molar-refractivity contribution in [2.45, 2.75) is 49.7 Å². The number of sulfonamides is 1. The van der Waals surface area contributed by atoms with E-state index in [1.54, 1.807) is 17.9 Å². The quantitative estimate of drug-likeness (QED) is 0.729. The molecule has 10 nitrogen and oxygen atoms in total. The summed E-state index contributed by atoms with van der Waals surface area (Å²) in [7, 11) is -2.09. The second-order valence-electron chi connectivity index (χ2n) is 8.92. The third-order valence-corrected chi connectivity index (χ3v) is 7.72. The number of carbonyl (C=O) groups excluding carboxylic acids is 1. The van der Waals surface area contributed by atoms with Gasteiger partial charge in [0.15, 0.2) is 0 Å². The Bertz CT molecular complexity index is 1320. The van der Waals surface area contributed by atoms with Crippen molar-refractivity contribution in [2.75, 3.05) is 11.4 Å². The number of nitrogens with zero attached hydrogens (tertiary/aromatic N) is 6. The molecule has 3 heterocycles. The normalized spacial score (nSPS) is 21.1. The van der Waals surface area contributed by atoms with Crippen molar-refractivity contribution in [3.05, 3.63) is 41.2 Å². The Morgan fingerprint density at radius 1 is 1.34 bits per heavy atom. The Balaban J connectivity index is 1.63. The van der Waals surface area contributed by atoms with Crippen LogP contribution >= 0.6 is 0 Å². The van der Waals surface area contributed by atoms with Gasteiger partial charge in [-0.2, -0.15) is 10.4 Å². The Morgan fingerprint density at radius 2 is 2.09 bits per heavy atom. The summed E-state index contributed by atoms with van der Waals surface area (Å²) in [6.45, 7) is 4.50. The molecule has 1 atom stereocenters. The minimum Gasteiger partial charge on any atom is -0.305 e. The number of guanidine groups is 1. The van der Waals surface area contributed by atoms with Crippen LogP contribution in [-0.4, -0.2) is 53.1 Å². The summed E-state index contributed by atoms with van der Waals surface area (Å²) in [4.78, 5) is 21.4. The molecular formula is C21H23N7O3S. The van der Waals surface area contributed by atoms with Crippen LogP contribution in [0.15, 0.2) is 34.4 Å². The van der Waals surface area contributed by atoms with E-state index in [1.165, 1.54) is 17.0 Å². The van der Waals surface area contributed by atoms with Crippen LogP contribution in [0.1, 0.15) is 48.2 Å². The molecule has 0 saturated heterocycles. The summed E-state index contributed by atoms with van der Waals surface area (Å²) in [5, 5.41) is 14.0. The molecule has 5 rings (SSSR count). The molecule has 1 amide bonds. The van der Waals surface area contributed by atoms with E-state index in [0.717, 1.165) is 18.4 Å². The molecule has 1 aromatic heterocycles. The first-order valence-electron chi connectivity index (χ1n) is 10.4. The molecule has 1 N–H and O–H groups in total. The molecule has 0 bridgehead atoms. The predicted molar refractivity (Wildman–Crippen MR) is 116 cm³/mol. The summed E-state index contributed by atoms with van der Waals surface area (Å²) in [5.74, 6) is 0.0775. The molecule has 0 radical (unpaired) electrons. The average Bonchev–Trinajstić information content (AvgIpc) is 3.12. The Hall–Kier alpha value is -3.23. The number of aromatic nitrogens is 2. The van der Waals surface area contributed by atoms with Gasteiger partial charge in [0, 0.05) is 24.3 Å². The first-order valence-corrected chi connectivity index (χ1v) is 11.9. The molecule has 1 fully saturated rings. The van der Waals surface area contributed by atoms with Crippen LogP contribution in [-0.2, 0) is 23.6 Å². The number of nitrogens with one attached hydrogen (secondary N) is 1. The van der Waals surface area contributed by atoms with Gasteiger partial charge < -0.3 is 4.90 Å². The number of rotatable bonds is 5. The summed E-state index contributed by atoms with van der Waals surface area (Å²) in [5.41, 5.74) is 1.09. The minimum atomic E-state index is -3.89. The van der Waals surface area contributed by atoms with E-state index in [-0.39, 0.29) is 34.5 Å². The molecule has 166 valence electrons. The molecule has 32 heavy (non-hydrogen) atoms. The van der Waals surface area contributed by atoms with Gasteiger partial charge in [-0.1, -0.05) is 0 Å². The lowest BCUT2D eigenvalue weighted by atomic mass is 10.0. The highest BCUT2D eigenvalue weighted by atomic mass is 32.2. The lowest BCUT2D eigenvalue weighted by molar-refractivity contribution is 0.0832. The molecule has 2 aliphatic heterocycles.